The standard InChI is InChI=1S/C19H30N2/c1-15(2)21(14-18-9-5-6-12-20-18)19-11-10-16-7-3-4-8-17(16)13-19/h3-4,7-8,15,18-20H,5-6,9-14H2,1-2H3. The molecule has 0 radical (unpaired) electrons. The van der Waals surface area contributed by atoms with Gasteiger partial charge in [0.25, 0.3) is 0 Å². The van der Waals surface area contributed by atoms with Crippen molar-refractivity contribution >= 4 is 0 Å². The summed E-state index contributed by atoms with van der Waals surface area (Å²) in [5.41, 5.74) is 3.16. The van der Waals surface area contributed by atoms with E-state index in [0.717, 1.165) is 6.04 Å². The first-order valence-corrected chi connectivity index (χ1v) is 8.80. The Morgan fingerprint density at radius 2 is 1.95 bits per heavy atom. The van der Waals surface area contributed by atoms with Gasteiger partial charge in [0.05, 0.1) is 0 Å². The molecular formula is C19H30N2. The van der Waals surface area contributed by atoms with Gasteiger partial charge in [-0.05, 0) is 63.6 Å². The Labute approximate surface area is 129 Å². The first-order valence-electron chi connectivity index (χ1n) is 8.80. The van der Waals surface area contributed by atoms with Crippen molar-refractivity contribution in [3.05, 3.63) is 35.4 Å². The van der Waals surface area contributed by atoms with Crippen molar-refractivity contribution in [1.82, 2.24) is 10.2 Å². The molecule has 2 aliphatic rings. The number of fused-ring (bicyclic) bond motifs is 1. The predicted molar refractivity (Wildman–Crippen MR) is 89.7 cm³/mol. The first-order chi connectivity index (χ1) is 10.2. The summed E-state index contributed by atoms with van der Waals surface area (Å²) in [7, 11) is 0. The molecule has 0 bridgehead atoms. The molecule has 0 amide bonds. The van der Waals surface area contributed by atoms with E-state index in [1.54, 1.807) is 11.1 Å². The zero-order chi connectivity index (χ0) is 14.7. The molecule has 0 spiro atoms. The van der Waals surface area contributed by atoms with E-state index in [-0.39, 0.29) is 0 Å². The van der Waals surface area contributed by atoms with Gasteiger partial charge in [-0.3, -0.25) is 4.90 Å². The number of hydrogen-bond donors (Lipinski definition) is 1. The van der Waals surface area contributed by atoms with E-state index in [9.17, 15) is 0 Å². The maximum Gasteiger partial charge on any atom is 0.0195 e. The van der Waals surface area contributed by atoms with Crippen LogP contribution in [-0.2, 0) is 12.8 Å². The molecule has 0 saturated carbocycles. The van der Waals surface area contributed by atoms with E-state index in [1.807, 2.05) is 0 Å². The van der Waals surface area contributed by atoms with Crippen molar-refractivity contribution < 1.29 is 0 Å². The fourth-order valence-corrected chi connectivity index (χ4v) is 4.08. The average Bonchev–Trinajstić information content (AvgIpc) is 2.53. The van der Waals surface area contributed by atoms with Gasteiger partial charge in [-0.15, -0.1) is 0 Å². The molecule has 1 aromatic carbocycles. The lowest BCUT2D eigenvalue weighted by molar-refractivity contribution is 0.117. The molecule has 3 rings (SSSR count). The van der Waals surface area contributed by atoms with Crippen LogP contribution in [0, 0.1) is 0 Å². The number of aryl methyl sites for hydroxylation is 1. The molecule has 2 nitrogen and oxygen atoms in total. The number of rotatable bonds is 4. The van der Waals surface area contributed by atoms with Crippen molar-refractivity contribution in [1.29, 1.82) is 0 Å². The average molecular weight is 286 g/mol. The highest BCUT2D eigenvalue weighted by Crippen LogP contribution is 2.26. The lowest BCUT2D eigenvalue weighted by Crippen LogP contribution is -2.51. The molecular weight excluding hydrogens is 256 g/mol. The summed E-state index contributed by atoms with van der Waals surface area (Å²) >= 11 is 0. The van der Waals surface area contributed by atoms with Gasteiger partial charge in [0, 0.05) is 24.7 Å². The van der Waals surface area contributed by atoms with Crippen molar-refractivity contribution in [2.24, 2.45) is 0 Å². The summed E-state index contributed by atoms with van der Waals surface area (Å²) in [6, 6.07) is 11.1. The molecule has 1 aromatic rings. The lowest BCUT2D eigenvalue weighted by atomic mass is 9.86. The Bertz CT molecular complexity index is 449. The maximum absolute atomic E-state index is 3.72. The molecule has 1 aliphatic carbocycles. The van der Waals surface area contributed by atoms with E-state index >= 15 is 0 Å². The molecule has 2 heteroatoms. The number of nitrogens with one attached hydrogen (secondary N) is 1. The van der Waals surface area contributed by atoms with Gasteiger partial charge < -0.3 is 5.32 Å². The monoisotopic (exact) mass is 286 g/mol. The molecule has 21 heavy (non-hydrogen) atoms. The van der Waals surface area contributed by atoms with Crippen LogP contribution in [0.3, 0.4) is 0 Å². The zero-order valence-electron chi connectivity index (χ0n) is 13.6. The normalized spacial score (nSPS) is 26.1. The number of benzene rings is 1. The van der Waals surface area contributed by atoms with Crippen LogP contribution >= 0.6 is 0 Å². The quantitative estimate of drug-likeness (QED) is 0.912. The largest absolute Gasteiger partial charge is 0.313 e. The Balaban J connectivity index is 1.67. The summed E-state index contributed by atoms with van der Waals surface area (Å²) in [6.45, 7) is 7.17. The van der Waals surface area contributed by atoms with Crippen molar-refractivity contribution in [3.63, 3.8) is 0 Å². The molecule has 116 valence electrons. The van der Waals surface area contributed by atoms with E-state index in [4.69, 9.17) is 0 Å². The fourth-order valence-electron chi connectivity index (χ4n) is 4.08. The smallest absolute Gasteiger partial charge is 0.0195 e. The van der Waals surface area contributed by atoms with E-state index < -0.39 is 0 Å². The Morgan fingerprint density at radius 1 is 1.14 bits per heavy atom. The van der Waals surface area contributed by atoms with Gasteiger partial charge in [-0.2, -0.15) is 0 Å². The van der Waals surface area contributed by atoms with Crippen molar-refractivity contribution in [2.45, 2.75) is 70.5 Å². The van der Waals surface area contributed by atoms with Crippen LogP contribution in [0.25, 0.3) is 0 Å². The highest BCUT2D eigenvalue weighted by molar-refractivity contribution is 5.30. The number of piperidine rings is 1. The molecule has 1 N–H and O–H groups in total. The zero-order valence-corrected chi connectivity index (χ0v) is 13.6. The second-order valence-corrected chi connectivity index (χ2v) is 7.10. The second-order valence-electron chi connectivity index (χ2n) is 7.10. The van der Waals surface area contributed by atoms with E-state index in [0.29, 0.717) is 12.1 Å². The van der Waals surface area contributed by atoms with Crippen LogP contribution in [0.5, 0.6) is 0 Å². The first kappa shape index (κ1) is 15.1. The SMILES string of the molecule is CC(C)N(CC1CCCCN1)C1CCc2ccccc2C1. The molecule has 2 atom stereocenters. The molecule has 0 aromatic heterocycles. The van der Waals surface area contributed by atoms with Crippen LogP contribution in [0.4, 0.5) is 0 Å². The van der Waals surface area contributed by atoms with Crippen LogP contribution in [0.2, 0.25) is 0 Å². The van der Waals surface area contributed by atoms with Gasteiger partial charge in [-0.1, -0.05) is 30.7 Å². The van der Waals surface area contributed by atoms with Gasteiger partial charge >= 0.3 is 0 Å². The third kappa shape index (κ3) is 3.67. The summed E-state index contributed by atoms with van der Waals surface area (Å²) < 4.78 is 0. The third-order valence-corrected chi connectivity index (χ3v) is 5.30. The minimum atomic E-state index is 0.643. The van der Waals surface area contributed by atoms with Crippen LogP contribution in [0.15, 0.2) is 24.3 Å². The molecule has 1 aliphatic heterocycles. The Hall–Kier alpha value is -0.860. The number of nitrogens with zero attached hydrogens (tertiary/aromatic N) is 1. The Kier molecular flexibility index (Phi) is 4.97. The van der Waals surface area contributed by atoms with Gasteiger partial charge in [0.1, 0.15) is 0 Å². The summed E-state index contributed by atoms with van der Waals surface area (Å²) in [5, 5.41) is 3.72. The third-order valence-electron chi connectivity index (χ3n) is 5.30. The van der Waals surface area contributed by atoms with Crippen LogP contribution in [0.1, 0.15) is 50.7 Å². The summed E-state index contributed by atoms with van der Waals surface area (Å²) in [6.07, 6.45) is 7.92. The number of hydrogen-bond acceptors (Lipinski definition) is 2. The minimum Gasteiger partial charge on any atom is -0.313 e. The van der Waals surface area contributed by atoms with Gasteiger partial charge in [-0.25, -0.2) is 0 Å². The van der Waals surface area contributed by atoms with Crippen molar-refractivity contribution in [2.75, 3.05) is 13.1 Å². The van der Waals surface area contributed by atoms with E-state index in [2.05, 4.69) is 48.3 Å². The van der Waals surface area contributed by atoms with Gasteiger partial charge in [0.15, 0.2) is 0 Å². The summed E-state index contributed by atoms with van der Waals surface area (Å²) in [4.78, 5) is 2.76. The van der Waals surface area contributed by atoms with E-state index in [1.165, 1.54) is 51.6 Å². The predicted octanol–water partition coefficient (Wildman–Crippen LogP) is 3.40. The molecule has 1 heterocycles. The van der Waals surface area contributed by atoms with Crippen LogP contribution < -0.4 is 5.32 Å². The Morgan fingerprint density at radius 3 is 2.67 bits per heavy atom. The molecule has 1 fully saturated rings. The fraction of sp³-hybridized carbons (Fsp3) is 0.684. The minimum absolute atomic E-state index is 0.643. The summed E-state index contributed by atoms with van der Waals surface area (Å²) in [5.74, 6) is 0. The molecule has 1 saturated heterocycles. The maximum atomic E-state index is 3.72. The highest BCUT2D eigenvalue weighted by Gasteiger charge is 2.28. The van der Waals surface area contributed by atoms with Gasteiger partial charge in [0.2, 0.25) is 0 Å². The lowest BCUT2D eigenvalue weighted by Gasteiger charge is -2.40. The van der Waals surface area contributed by atoms with Crippen LogP contribution in [-0.4, -0.2) is 36.1 Å². The topological polar surface area (TPSA) is 15.3 Å². The highest BCUT2D eigenvalue weighted by atomic mass is 15.2. The molecule has 2 unspecified atom stereocenters. The second kappa shape index (κ2) is 6.93. The van der Waals surface area contributed by atoms with Crippen molar-refractivity contribution in [3.8, 4) is 0 Å².